The van der Waals surface area contributed by atoms with Gasteiger partial charge in [0.1, 0.15) is 11.5 Å². The van der Waals surface area contributed by atoms with Crippen molar-refractivity contribution in [1.29, 1.82) is 0 Å². The highest BCUT2D eigenvalue weighted by molar-refractivity contribution is 5.34. The van der Waals surface area contributed by atoms with Crippen LogP contribution >= 0.6 is 0 Å². The first-order valence-corrected chi connectivity index (χ1v) is 6.39. The minimum Gasteiger partial charge on any atom is -0.461 e. The van der Waals surface area contributed by atoms with Crippen LogP contribution in [0.4, 0.5) is 0 Å². The minimum absolute atomic E-state index is 0.905. The molecule has 18 heavy (non-hydrogen) atoms. The largest absolute Gasteiger partial charge is 0.461 e. The Bertz CT molecular complexity index is 388. The second-order valence-corrected chi connectivity index (χ2v) is 3.58. The van der Waals surface area contributed by atoms with Crippen molar-refractivity contribution in [2.45, 2.75) is 33.6 Å². The van der Waals surface area contributed by atoms with Crippen LogP contribution in [0.3, 0.4) is 0 Å². The highest BCUT2D eigenvalue weighted by Gasteiger charge is 2.02. The van der Waals surface area contributed by atoms with Crippen molar-refractivity contribution in [2.24, 2.45) is 0 Å². The molecule has 0 unspecified atom stereocenters. The number of aryl methyl sites for hydroxylation is 1. The first kappa shape index (κ1) is 16.2. The van der Waals surface area contributed by atoms with Crippen LogP contribution in [0.2, 0.25) is 0 Å². The third kappa shape index (κ3) is 5.53. The molecular formula is C17H24O. The molecule has 0 aliphatic heterocycles. The maximum Gasteiger partial charge on any atom is 0.130 e. The standard InChI is InChI=1S/C15H20O.C2H4/c1-4-7-11-14(6-3)16-15-12-9-8-10-13(15)5-2;1-2/h4,7-12H,5-6H2,1-3H3;1-2H2/b7-4-,14-11+;. The molecule has 0 bridgehead atoms. The first-order chi connectivity index (χ1) is 8.81. The van der Waals surface area contributed by atoms with Crippen molar-refractivity contribution in [2.75, 3.05) is 0 Å². The Morgan fingerprint density at radius 2 is 1.89 bits per heavy atom. The monoisotopic (exact) mass is 244 g/mol. The number of para-hydroxylation sites is 1. The van der Waals surface area contributed by atoms with Crippen molar-refractivity contribution >= 4 is 0 Å². The Labute approximate surface area is 111 Å². The van der Waals surface area contributed by atoms with Gasteiger partial charge in [-0.05, 0) is 31.1 Å². The molecule has 0 aromatic heterocycles. The summed E-state index contributed by atoms with van der Waals surface area (Å²) in [5.41, 5.74) is 1.25. The van der Waals surface area contributed by atoms with Crippen molar-refractivity contribution in [3.05, 3.63) is 67.0 Å². The Balaban J connectivity index is 0.00000137. The molecule has 0 atom stereocenters. The van der Waals surface area contributed by atoms with Gasteiger partial charge in [-0.15, -0.1) is 13.2 Å². The fraction of sp³-hybridized carbons (Fsp3) is 0.294. The third-order valence-corrected chi connectivity index (χ3v) is 2.42. The molecule has 0 saturated carbocycles. The number of hydrogen-bond donors (Lipinski definition) is 0. The Kier molecular flexibility index (Phi) is 9.38. The van der Waals surface area contributed by atoms with Gasteiger partial charge in [-0.25, -0.2) is 0 Å². The van der Waals surface area contributed by atoms with Gasteiger partial charge in [0, 0.05) is 6.42 Å². The van der Waals surface area contributed by atoms with Crippen molar-refractivity contribution in [3.63, 3.8) is 0 Å². The van der Waals surface area contributed by atoms with Gasteiger partial charge in [0.2, 0.25) is 0 Å². The Morgan fingerprint density at radius 1 is 1.22 bits per heavy atom. The second kappa shape index (κ2) is 10.4. The predicted octanol–water partition coefficient (Wildman–Crippen LogP) is 5.30. The van der Waals surface area contributed by atoms with E-state index in [1.807, 2.05) is 43.4 Å². The molecule has 0 radical (unpaired) electrons. The zero-order chi connectivity index (χ0) is 13.8. The van der Waals surface area contributed by atoms with E-state index < -0.39 is 0 Å². The lowest BCUT2D eigenvalue weighted by Crippen LogP contribution is -1.96. The zero-order valence-electron chi connectivity index (χ0n) is 11.8. The quantitative estimate of drug-likeness (QED) is 0.388. The summed E-state index contributed by atoms with van der Waals surface area (Å²) in [7, 11) is 0. The molecule has 1 aromatic carbocycles. The fourth-order valence-electron chi connectivity index (χ4n) is 1.46. The van der Waals surface area contributed by atoms with E-state index in [0.29, 0.717) is 0 Å². The fourth-order valence-corrected chi connectivity index (χ4v) is 1.46. The highest BCUT2D eigenvalue weighted by Crippen LogP contribution is 2.21. The number of benzene rings is 1. The topological polar surface area (TPSA) is 9.23 Å². The summed E-state index contributed by atoms with van der Waals surface area (Å²) >= 11 is 0. The number of hydrogen-bond acceptors (Lipinski definition) is 1. The molecule has 0 aliphatic carbocycles. The summed E-state index contributed by atoms with van der Waals surface area (Å²) in [6, 6.07) is 8.20. The minimum atomic E-state index is 0.905. The average Bonchev–Trinajstić information content (AvgIpc) is 2.46. The van der Waals surface area contributed by atoms with Gasteiger partial charge in [-0.3, -0.25) is 0 Å². The molecule has 1 rings (SSSR count). The lowest BCUT2D eigenvalue weighted by atomic mass is 10.1. The summed E-state index contributed by atoms with van der Waals surface area (Å²) in [6.45, 7) is 12.2. The predicted molar refractivity (Wildman–Crippen MR) is 80.9 cm³/mol. The van der Waals surface area contributed by atoms with Gasteiger partial charge in [0.25, 0.3) is 0 Å². The van der Waals surface area contributed by atoms with Gasteiger partial charge in [0.15, 0.2) is 0 Å². The maximum absolute atomic E-state index is 5.90. The van der Waals surface area contributed by atoms with Crippen molar-refractivity contribution in [3.8, 4) is 5.75 Å². The van der Waals surface area contributed by atoms with Gasteiger partial charge in [0.05, 0.1) is 0 Å². The van der Waals surface area contributed by atoms with Crippen molar-refractivity contribution in [1.82, 2.24) is 0 Å². The van der Waals surface area contributed by atoms with Crippen LogP contribution in [0.1, 0.15) is 32.8 Å². The summed E-state index contributed by atoms with van der Waals surface area (Å²) in [6.07, 6.45) is 7.93. The molecule has 1 aromatic rings. The smallest absolute Gasteiger partial charge is 0.130 e. The van der Waals surface area contributed by atoms with E-state index in [2.05, 4.69) is 33.1 Å². The first-order valence-electron chi connectivity index (χ1n) is 6.39. The van der Waals surface area contributed by atoms with E-state index in [9.17, 15) is 0 Å². The normalized spacial score (nSPS) is 10.9. The van der Waals surface area contributed by atoms with Gasteiger partial charge in [-0.1, -0.05) is 44.2 Å². The highest BCUT2D eigenvalue weighted by atomic mass is 16.5. The summed E-state index contributed by atoms with van der Waals surface area (Å²) in [4.78, 5) is 0. The van der Waals surface area contributed by atoms with Crippen LogP contribution in [-0.2, 0) is 6.42 Å². The van der Waals surface area contributed by atoms with Crippen LogP contribution in [0, 0.1) is 0 Å². The van der Waals surface area contributed by atoms with Crippen LogP contribution in [-0.4, -0.2) is 0 Å². The van der Waals surface area contributed by atoms with E-state index in [1.54, 1.807) is 0 Å². The lowest BCUT2D eigenvalue weighted by molar-refractivity contribution is 0.405. The SMILES string of the molecule is C/C=C\C=C(/CC)Oc1ccccc1CC.C=C. The average molecular weight is 244 g/mol. The Hall–Kier alpha value is -1.76. The number of ether oxygens (including phenoxy) is 1. The van der Waals surface area contributed by atoms with Crippen LogP contribution < -0.4 is 4.74 Å². The molecule has 0 fully saturated rings. The van der Waals surface area contributed by atoms with Crippen LogP contribution in [0.25, 0.3) is 0 Å². The van der Waals surface area contributed by atoms with Gasteiger partial charge in [-0.2, -0.15) is 0 Å². The second-order valence-electron chi connectivity index (χ2n) is 3.58. The van der Waals surface area contributed by atoms with Crippen LogP contribution in [0.15, 0.2) is 61.4 Å². The van der Waals surface area contributed by atoms with Crippen LogP contribution in [0.5, 0.6) is 5.75 Å². The maximum atomic E-state index is 5.90. The molecule has 0 saturated heterocycles. The molecule has 0 spiro atoms. The zero-order valence-corrected chi connectivity index (χ0v) is 11.8. The molecule has 0 heterocycles. The molecule has 98 valence electrons. The van der Waals surface area contributed by atoms with E-state index in [4.69, 9.17) is 4.74 Å². The summed E-state index contributed by atoms with van der Waals surface area (Å²) < 4.78 is 5.90. The summed E-state index contributed by atoms with van der Waals surface area (Å²) in [5.74, 6) is 1.97. The lowest BCUT2D eigenvalue weighted by Gasteiger charge is -2.11. The molecule has 1 nitrogen and oxygen atoms in total. The van der Waals surface area contributed by atoms with Gasteiger partial charge >= 0.3 is 0 Å². The van der Waals surface area contributed by atoms with Gasteiger partial charge < -0.3 is 4.74 Å². The van der Waals surface area contributed by atoms with E-state index in [-0.39, 0.29) is 0 Å². The van der Waals surface area contributed by atoms with Crippen molar-refractivity contribution < 1.29 is 4.74 Å². The Morgan fingerprint density at radius 3 is 2.44 bits per heavy atom. The van der Waals surface area contributed by atoms with E-state index in [0.717, 1.165) is 24.4 Å². The number of rotatable bonds is 5. The molecule has 0 aliphatic rings. The molecule has 1 heteroatoms. The van der Waals surface area contributed by atoms with E-state index in [1.165, 1.54) is 5.56 Å². The van der Waals surface area contributed by atoms with E-state index >= 15 is 0 Å². The summed E-state index contributed by atoms with van der Waals surface area (Å²) in [5, 5.41) is 0. The third-order valence-electron chi connectivity index (χ3n) is 2.42. The molecule has 0 amide bonds. The molecular weight excluding hydrogens is 220 g/mol. The molecule has 0 N–H and O–H groups in total. The number of allylic oxidation sites excluding steroid dienone is 4.